The maximum atomic E-state index is 12.4. The van der Waals surface area contributed by atoms with Gasteiger partial charge in [-0.3, -0.25) is 4.79 Å². The van der Waals surface area contributed by atoms with Crippen molar-refractivity contribution in [3.8, 4) is 17.1 Å². The second kappa shape index (κ2) is 5.66. The molecular formula is C18H17NO3. The first-order valence-corrected chi connectivity index (χ1v) is 7.05. The summed E-state index contributed by atoms with van der Waals surface area (Å²) in [6, 6.07) is 14.4. The lowest BCUT2D eigenvalue weighted by Gasteiger charge is -2.12. The molecule has 0 saturated heterocycles. The quantitative estimate of drug-likeness (QED) is 0.806. The Morgan fingerprint density at radius 2 is 1.82 bits per heavy atom. The van der Waals surface area contributed by atoms with Gasteiger partial charge in [-0.05, 0) is 20.2 Å². The molecule has 0 fully saturated rings. The van der Waals surface area contributed by atoms with Gasteiger partial charge in [0.1, 0.15) is 22.5 Å². The maximum Gasteiger partial charge on any atom is 0.197 e. The second-order valence-electron chi connectivity index (χ2n) is 5.53. The van der Waals surface area contributed by atoms with Crippen LogP contribution in [0.4, 0.5) is 0 Å². The van der Waals surface area contributed by atoms with Crippen molar-refractivity contribution in [3.05, 3.63) is 64.3 Å². The predicted octanol–water partition coefficient (Wildman–Crippen LogP) is 3.23. The fourth-order valence-corrected chi connectivity index (χ4v) is 2.49. The van der Waals surface area contributed by atoms with Crippen molar-refractivity contribution in [3.63, 3.8) is 0 Å². The summed E-state index contributed by atoms with van der Waals surface area (Å²) >= 11 is 0. The predicted molar refractivity (Wildman–Crippen MR) is 87.0 cm³/mol. The van der Waals surface area contributed by atoms with Crippen LogP contribution in [0, 0.1) is 0 Å². The van der Waals surface area contributed by atoms with Crippen LogP contribution in [0.3, 0.4) is 0 Å². The molecule has 4 nitrogen and oxygen atoms in total. The van der Waals surface area contributed by atoms with E-state index in [1.807, 2.05) is 49.3 Å². The van der Waals surface area contributed by atoms with Crippen LogP contribution in [0.25, 0.3) is 22.3 Å². The minimum atomic E-state index is -0.238. The zero-order chi connectivity index (χ0) is 15.7. The smallest absolute Gasteiger partial charge is 0.197 e. The van der Waals surface area contributed by atoms with E-state index in [0.29, 0.717) is 23.5 Å². The van der Waals surface area contributed by atoms with Crippen molar-refractivity contribution in [1.29, 1.82) is 0 Å². The van der Waals surface area contributed by atoms with Crippen molar-refractivity contribution < 1.29 is 9.52 Å². The van der Waals surface area contributed by atoms with Crippen LogP contribution < -0.4 is 5.43 Å². The third-order valence-electron chi connectivity index (χ3n) is 3.50. The Morgan fingerprint density at radius 3 is 2.50 bits per heavy atom. The van der Waals surface area contributed by atoms with Crippen LogP contribution in [-0.2, 0) is 6.54 Å². The largest absolute Gasteiger partial charge is 0.507 e. The van der Waals surface area contributed by atoms with Gasteiger partial charge in [0, 0.05) is 23.7 Å². The Kier molecular flexibility index (Phi) is 3.69. The topological polar surface area (TPSA) is 53.7 Å². The first-order chi connectivity index (χ1) is 10.6. The monoisotopic (exact) mass is 295 g/mol. The van der Waals surface area contributed by atoms with E-state index in [2.05, 4.69) is 0 Å². The minimum absolute atomic E-state index is 0.000406. The van der Waals surface area contributed by atoms with Crippen LogP contribution in [0.5, 0.6) is 5.75 Å². The molecule has 4 heteroatoms. The first-order valence-electron chi connectivity index (χ1n) is 7.05. The fourth-order valence-electron chi connectivity index (χ4n) is 2.49. The van der Waals surface area contributed by atoms with Crippen molar-refractivity contribution in [2.24, 2.45) is 0 Å². The number of fused-ring (bicyclic) bond motifs is 1. The van der Waals surface area contributed by atoms with Crippen molar-refractivity contribution in [1.82, 2.24) is 4.90 Å². The molecule has 2 aromatic carbocycles. The number of phenolic OH excluding ortho intramolecular Hbond substituents is 1. The molecule has 0 atom stereocenters. The van der Waals surface area contributed by atoms with Gasteiger partial charge in [-0.1, -0.05) is 36.4 Å². The highest BCUT2D eigenvalue weighted by molar-refractivity contribution is 5.85. The first kappa shape index (κ1) is 14.4. The molecule has 0 aliphatic heterocycles. The van der Waals surface area contributed by atoms with E-state index in [4.69, 9.17) is 4.42 Å². The Bertz CT molecular complexity index is 867. The molecule has 1 N–H and O–H groups in total. The zero-order valence-electron chi connectivity index (χ0n) is 12.5. The van der Waals surface area contributed by atoms with E-state index < -0.39 is 0 Å². The minimum Gasteiger partial charge on any atom is -0.507 e. The van der Waals surface area contributed by atoms with Crippen LogP contribution in [0.2, 0.25) is 0 Å². The summed E-state index contributed by atoms with van der Waals surface area (Å²) in [5.74, 6) is 0.498. The molecule has 3 aromatic rings. The van der Waals surface area contributed by atoms with E-state index >= 15 is 0 Å². The second-order valence-corrected chi connectivity index (χ2v) is 5.53. The molecule has 112 valence electrons. The Hall–Kier alpha value is -2.59. The van der Waals surface area contributed by atoms with Crippen LogP contribution >= 0.6 is 0 Å². The molecule has 22 heavy (non-hydrogen) atoms. The highest BCUT2D eigenvalue weighted by atomic mass is 16.3. The molecular weight excluding hydrogens is 278 g/mol. The lowest BCUT2D eigenvalue weighted by molar-refractivity contribution is 0.387. The molecule has 0 saturated carbocycles. The average molecular weight is 295 g/mol. The third-order valence-corrected chi connectivity index (χ3v) is 3.50. The molecule has 0 unspecified atom stereocenters. The number of hydrogen-bond acceptors (Lipinski definition) is 4. The zero-order valence-corrected chi connectivity index (χ0v) is 12.5. The summed E-state index contributed by atoms with van der Waals surface area (Å²) in [6.07, 6.45) is 0. The lowest BCUT2D eigenvalue weighted by Crippen LogP contribution is -2.11. The van der Waals surface area contributed by atoms with Crippen LogP contribution in [0.1, 0.15) is 5.56 Å². The van der Waals surface area contributed by atoms with Gasteiger partial charge in [-0.15, -0.1) is 0 Å². The summed E-state index contributed by atoms with van der Waals surface area (Å²) in [7, 11) is 3.81. The van der Waals surface area contributed by atoms with E-state index in [1.54, 1.807) is 12.1 Å². The number of phenols is 1. The van der Waals surface area contributed by atoms with Gasteiger partial charge in [-0.25, -0.2) is 0 Å². The van der Waals surface area contributed by atoms with Crippen LogP contribution in [0.15, 0.2) is 57.7 Å². The highest BCUT2D eigenvalue weighted by Crippen LogP contribution is 2.29. The summed E-state index contributed by atoms with van der Waals surface area (Å²) in [6.45, 7) is 0.557. The molecule has 0 spiro atoms. The van der Waals surface area contributed by atoms with Gasteiger partial charge in [0.15, 0.2) is 5.43 Å². The Morgan fingerprint density at radius 1 is 1.09 bits per heavy atom. The van der Waals surface area contributed by atoms with E-state index in [0.717, 1.165) is 5.56 Å². The molecule has 3 rings (SSSR count). The van der Waals surface area contributed by atoms with E-state index in [-0.39, 0.29) is 16.6 Å². The van der Waals surface area contributed by atoms with Crippen molar-refractivity contribution in [2.75, 3.05) is 14.1 Å². The highest BCUT2D eigenvalue weighted by Gasteiger charge is 2.14. The molecule has 0 amide bonds. The molecule has 0 aliphatic rings. The van der Waals surface area contributed by atoms with E-state index in [9.17, 15) is 9.90 Å². The van der Waals surface area contributed by atoms with Gasteiger partial charge in [0.25, 0.3) is 0 Å². The number of aromatic hydroxyl groups is 1. The molecule has 0 bridgehead atoms. The van der Waals surface area contributed by atoms with Crippen molar-refractivity contribution >= 4 is 11.0 Å². The molecule has 0 radical (unpaired) electrons. The SMILES string of the molecule is CN(C)Cc1ccc2oc(-c3ccccc3)cc(=O)c2c1O. The van der Waals surface area contributed by atoms with Gasteiger partial charge >= 0.3 is 0 Å². The number of nitrogens with zero attached hydrogens (tertiary/aromatic N) is 1. The van der Waals surface area contributed by atoms with Gasteiger partial charge in [-0.2, -0.15) is 0 Å². The van der Waals surface area contributed by atoms with E-state index in [1.165, 1.54) is 6.07 Å². The molecule has 0 aliphatic carbocycles. The number of hydrogen-bond donors (Lipinski definition) is 1. The van der Waals surface area contributed by atoms with Gasteiger partial charge in [0.2, 0.25) is 0 Å². The number of benzene rings is 2. The normalized spacial score (nSPS) is 11.2. The Balaban J connectivity index is 2.19. The average Bonchev–Trinajstić information content (AvgIpc) is 2.50. The summed E-state index contributed by atoms with van der Waals surface area (Å²) in [4.78, 5) is 14.3. The summed E-state index contributed by atoms with van der Waals surface area (Å²) in [5, 5.41) is 10.6. The summed E-state index contributed by atoms with van der Waals surface area (Å²) < 4.78 is 5.80. The third kappa shape index (κ3) is 2.61. The standard InChI is InChI=1S/C18H17NO3/c1-19(2)11-13-8-9-15-17(18(13)21)14(20)10-16(22-15)12-6-4-3-5-7-12/h3-10,21H,11H2,1-2H3. The molecule has 1 heterocycles. The summed E-state index contributed by atoms with van der Waals surface area (Å²) in [5.41, 5.74) is 1.69. The van der Waals surface area contributed by atoms with Gasteiger partial charge < -0.3 is 14.4 Å². The molecule has 1 aromatic heterocycles. The number of rotatable bonds is 3. The van der Waals surface area contributed by atoms with Gasteiger partial charge in [0.05, 0.1) is 0 Å². The maximum absolute atomic E-state index is 12.4. The van der Waals surface area contributed by atoms with Crippen LogP contribution in [-0.4, -0.2) is 24.1 Å². The Labute approximate surface area is 128 Å². The van der Waals surface area contributed by atoms with Crippen molar-refractivity contribution in [2.45, 2.75) is 6.54 Å². The fraction of sp³-hybridized carbons (Fsp3) is 0.167. The lowest BCUT2D eigenvalue weighted by atomic mass is 10.1.